The Hall–Kier alpha value is -1.63. The van der Waals surface area contributed by atoms with Crippen LogP contribution in [0.1, 0.15) is 49.5 Å². The number of H-pyrrole nitrogens is 1. The van der Waals surface area contributed by atoms with Crippen LogP contribution in [-0.4, -0.2) is 9.97 Å². The summed E-state index contributed by atoms with van der Waals surface area (Å²) in [6.45, 7) is 0. The Kier molecular flexibility index (Phi) is 2.32. The van der Waals surface area contributed by atoms with Crippen molar-refractivity contribution in [2.75, 3.05) is 0 Å². The van der Waals surface area contributed by atoms with E-state index in [1.54, 1.807) is 0 Å². The van der Waals surface area contributed by atoms with Gasteiger partial charge >= 0.3 is 0 Å². The first-order valence-electron chi connectivity index (χ1n) is 7.24. The number of hydrogen-bond acceptors (Lipinski definition) is 3. The molecule has 0 spiro atoms. The normalized spacial score (nSPS) is 39.2. The van der Waals surface area contributed by atoms with Crippen LogP contribution in [0.5, 0.6) is 0 Å². The molecule has 1 N–H and O–H groups in total. The molecule has 5 rings (SSSR count). The number of hydrogen-bond donors (Lipinski definition) is 1. The van der Waals surface area contributed by atoms with Gasteiger partial charge in [0.25, 0.3) is 5.56 Å². The Morgan fingerprint density at radius 3 is 2.37 bits per heavy atom. The summed E-state index contributed by atoms with van der Waals surface area (Å²) in [6, 6.07) is 3.29. The van der Waals surface area contributed by atoms with Crippen molar-refractivity contribution in [2.45, 2.75) is 38.0 Å². The lowest BCUT2D eigenvalue weighted by Gasteiger charge is -2.53. The fraction of sp³-hybridized carbons (Fsp3) is 0.667. The molecular formula is C15H17N3O. The van der Waals surface area contributed by atoms with Crippen molar-refractivity contribution >= 4 is 0 Å². The van der Waals surface area contributed by atoms with Crippen LogP contribution in [0.25, 0.3) is 0 Å². The lowest BCUT2D eigenvalue weighted by molar-refractivity contribution is -0.00574. The first-order chi connectivity index (χ1) is 9.22. The third-order valence-electron chi connectivity index (χ3n) is 5.42. The molecule has 0 saturated heterocycles. The molecule has 1 aromatic rings. The molecule has 0 radical (unpaired) electrons. The second-order valence-electron chi connectivity index (χ2n) is 6.58. The first-order valence-corrected chi connectivity index (χ1v) is 7.24. The Bertz CT molecular complexity index is 585. The number of nitrogens with one attached hydrogen (secondary N) is 1. The molecule has 4 fully saturated rings. The first kappa shape index (κ1) is 11.2. The molecule has 4 nitrogen and oxygen atoms in total. The molecule has 4 aliphatic carbocycles. The van der Waals surface area contributed by atoms with Crippen LogP contribution in [0.4, 0.5) is 0 Å². The highest BCUT2D eigenvalue weighted by molar-refractivity contribution is 5.21. The van der Waals surface area contributed by atoms with E-state index in [1.807, 2.05) is 6.07 Å². The van der Waals surface area contributed by atoms with Crippen molar-refractivity contribution in [3.8, 4) is 6.07 Å². The van der Waals surface area contributed by atoms with Gasteiger partial charge in [-0.05, 0) is 55.8 Å². The number of rotatable bonds is 1. The maximum atomic E-state index is 11.7. The summed E-state index contributed by atoms with van der Waals surface area (Å²) in [7, 11) is 0. The van der Waals surface area contributed by atoms with Gasteiger partial charge in [0.2, 0.25) is 0 Å². The topological polar surface area (TPSA) is 69.5 Å². The number of aromatic nitrogens is 2. The average molecular weight is 255 g/mol. The fourth-order valence-corrected chi connectivity index (χ4v) is 5.06. The van der Waals surface area contributed by atoms with Crippen LogP contribution in [0.15, 0.2) is 10.9 Å². The van der Waals surface area contributed by atoms with Gasteiger partial charge in [-0.25, -0.2) is 4.98 Å². The van der Waals surface area contributed by atoms with E-state index in [4.69, 9.17) is 5.26 Å². The molecule has 98 valence electrons. The monoisotopic (exact) mass is 255 g/mol. The van der Waals surface area contributed by atoms with Gasteiger partial charge in [0, 0.05) is 12.0 Å². The molecule has 0 amide bonds. The molecule has 0 atom stereocenters. The molecule has 0 unspecified atom stereocenters. The van der Waals surface area contributed by atoms with Crippen LogP contribution in [0.3, 0.4) is 0 Å². The summed E-state index contributed by atoms with van der Waals surface area (Å²) in [6.07, 6.45) is 6.58. The molecule has 1 heterocycles. The zero-order chi connectivity index (χ0) is 13.0. The van der Waals surface area contributed by atoms with E-state index in [-0.39, 0.29) is 11.3 Å². The van der Waals surface area contributed by atoms with Gasteiger partial charge in [-0.3, -0.25) is 4.79 Å². The van der Waals surface area contributed by atoms with Crippen molar-refractivity contribution in [2.24, 2.45) is 23.7 Å². The van der Waals surface area contributed by atoms with E-state index in [1.165, 1.54) is 38.2 Å². The minimum absolute atomic E-state index is 0.185. The van der Waals surface area contributed by atoms with E-state index in [2.05, 4.69) is 9.97 Å². The van der Waals surface area contributed by atoms with Crippen molar-refractivity contribution in [1.29, 1.82) is 5.26 Å². The zero-order valence-electron chi connectivity index (χ0n) is 10.8. The minimum Gasteiger partial charge on any atom is -0.310 e. The predicted molar refractivity (Wildman–Crippen MR) is 69.4 cm³/mol. The van der Waals surface area contributed by atoms with Crippen molar-refractivity contribution in [1.82, 2.24) is 9.97 Å². The predicted octanol–water partition coefficient (Wildman–Crippen LogP) is 2.18. The highest BCUT2D eigenvalue weighted by atomic mass is 16.1. The van der Waals surface area contributed by atoms with Crippen molar-refractivity contribution in [3.63, 3.8) is 0 Å². The molecule has 4 saturated carbocycles. The molecule has 19 heavy (non-hydrogen) atoms. The number of aromatic amines is 1. The summed E-state index contributed by atoms with van der Waals surface area (Å²) in [4.78, 5) is 18.9. The standard InChI is InChI=1S/C15H17N3O/c16-7-12-6-13(19)18-15(17-12)14-10-2-8-1-9(4-10)5-11(14)3-8/h6,8-11,14H,1-5H2,(H,17,18,19). The molecule has 4 heteroatoms. The minimum atomic E-state index is -0.185. The van der Waals surface area contributed by atoms with Crippen molar-refractivity contribution in [3.05, 3.63) is 27.9 Å². The molecule has 1 aromatic heterocycles. The van der Waals surface area contributed by atoms with E-state index in [0.717, 1.165) is 17.7 Å². The van der Waals surface area contributed by atoms with Crippen LogP contribution in [-0.2, 0) is 0 Å². The number of nitriles is 1. The smallest absolute Gasteiger partial charge is 0.252 e. The van der Waals surface area contributed by atoms with Gasteiger partial charge in [0.05, 0.1) is 0 Å². The molecular weight excluding hydrogens is 238 g/mol. The summed E-state index contributed by atoms with van der Waals surface area (Å²) < 4.78 is 0. The summed E-state index contributed by atoms with van der Waals surface area (Å²) in [5, 5.41) is 8.97. The highest BCUT2D eigenvalue weighted by Gasteiger charge is 2.49. The Labute approximate surface area is 111 Å². The quantitative estimate of drug-likeness (QED) is 0.836. The molecule has 4 aliphatic rings. The van der Waals surface area contributed by atoms with Crippen LogP contribution < -0.4 is 5.56 Å². The average Bonchev–Trinajstić information content (AvgIpc) is 2.36. The lowest BCUT2D eigenvalue weighted by atomic mass is 9.51. The zero-order valence-corrected chi connectivity index (χ0v) is 10.8. The second kappa shape index (κ2) is 3.93. The third-order valence-corrected chi connectivity index (χ3v) is 5.42. The largest absolute Gasteiger partial charge is 0.310 e. The summed E-state index contributed by atoms with van der Waals surface area (Å²) >= 11 is 0. The maximum Gasteiger partial charge on any atom is 0.252 e. The van der Waals surface area contributed by atoms with E-state index < -0.39 is 0 Å². The van der Waals surface area contributed by atoms with E-state index in [0.29, 0.717) is 17.8 Å². The van der Waals surface area contributed by atoms with Crippen molar-refractivity contribution < 1.29 is 0 Å². The summed E-state index contributed by atoms with van der Waals surface area (Å²) in [5.41, 5.74) is 0.0721. The van der Waals surface area contributed by atoms with E-state index >= 15 is 0 Å². The lowest BCUT2D eigenvalue weighted by Crippen LogP contribution is -2.44. The molecule has 0 aliphatic heterocycles. The van der Waals surface area contributed by atoms with Gasteiger partial charge in [0.1, 0.15) is 17.6 Å². The van der Waals surface area contributed by atoms with Gasteiger partial charge in [0.15, 0.2) is 0 Å². The molecule has 4 bridgehead atoms. The Morgan fingerprint density at radius 1 is 1.16 bits per heavy atom. The fourth-order valence-electron chi connectivity index (χ4n) is 5.06. The third kappa shape index (κ3) is 1.72. The van der Waals surface area contributed by atoms with Crippen LogP contribution in [0.2, 0.25) is 0 Å². The maximum absolute atomic E-state index is 11.7. The molecule has 0 aromatic carbocycles. The summed E-state index contributed by atoms with van der Waals surface area (Å²) in [5.74, 6) is 4.32. The SMILES string of the molecule is N#Cc1cc(=O)[nH]c(C2C3CC4CC(C3)CC2C4)n1. The number of nitrogens with zero attached hydrogens (tertiary/aromatic N) is 2. The van der Waals surface area contributed by atoms with E-state index in [9.17, 15) is 4.79 Å². The van der Waals surface area contributed by atoms with Gasteiger partial charge < -0.3 is 4.98 Å². The van der Waals surface area contributed by atoms with Gasteiger partial charge in [-0.1, -0.05) is 0 Å². The Balaban J connectivity index is 1.75. The Morgan fingerprint density at radius 2 is 1.79 bits per heavy atom. The highest BCUT2D eigenvalue weighted by Crippen LogP contribution is 2.59. The second-order valence-corrected chi connectivity index (χ2v) is 6.58. The van der Waals surface area contributed by atoms with Gasteiger partial charge in [-0.2, -0.15) is 5.26 Å². The van der Waals surface area contributed by atoms with Gasteiger partial charge in [-0.15, -0.1) is 0 Å². The van der Waals surface area contributed by atoms with Crippen LogP contribution >= 0.6 is 0 Å². The van der Waals surface area contributed by atoms with Crippen LogP contribution in [0, 0.1) is 35.0 Å².